The second-order valence-electron chi connectivity index (χ2n) is 9.10. The molecule has 1 N–H and O–H groups in total. The number of thiophene rings is 1. The van der Waals surface area contributed by atoms with Gasteiger partial charge < -0.3 is 15.0 Å². The summed E-state index contributed by atoms with van der Waals surface area (Å²) in [7, 11) is 3.38. The third-order valence-electron chi connectivity index (χ3n) is 6.32. The Balaban J connectivity index is 1.65. The van der Waals surface area contributed by atoms with Crippen molar-refractivity contribution < 1.29 is 14.3 Å². The molecule has 0 aliphatic carbocycles. The second kappa shape index (κ2) is 13.7. The average Bonchev–Trinajstić information content (AvgIpc) is 3.22. The topological polar surface area (TPSA) is 83.4 Å². The van der Waals surface area contributed by atoms with Crippen molar-refractivity contribution in [3.63, 3.8) is 0 Å². The number of benzene rings is 1. The molecule has 0 spiro atoms. The van der Waals surface area contributed by atoms with Crippen molar-refractivity contribution >= 4 is 41.1 Å². The van der Waals surface area contributed by atoms with Crippen LogP contribution >= 0.6 is 11.3 Å². The van der Waals surface area contributed by atoms with E-state index < -0.39 is 0 Å². The van der Waals surface area contributed by atoms with Crippen molar-refractivity contribution in [2.75, 3.05) is 26.0 Å². The number of methoxy groups -OCH3 is 1. The Morgan fingerprint density at radius 2 is 2.08 bits per heavy atom. The van der Waals surface area contributed by atoms with Gasteiger partial charge in [-0.15, -0.1) is 11.3 Å². The van der Waals surface area contributed by atoms with Crippen LogP contribution in [0.15, 0.2) is 52.1 Å². The lowest BCUT2D eigenvalue weighted by atomic mass is 10.0. The third kappa shape index (κ3) is 7.73. The fourth-order valence-corrected chi connectivity index (χ4v) is 5.61. The van der Waals surface area contributed by atoms with Gasteiger partial charge in [0.05, 0.1) is 13.7 Å². The minimum absolute atomic E-state index is 0.0520. The molecule has 2 heterocycles. The molecule has 1 aromatic heterocycles. The SMILES string of the molecule is C=N/C=C\C=C(/C)CCC(=O)N1CCc2c(sc(NC(=O)CCc3cc(C)ccc3OC)c2C=NC)C1. The van der Waals surface area contributed by atoms with Crippen LogP contribution in [0, 0.1) is 6.92 Å². The number of carbonyl (C=O) groups excluding carboxylic acids is 2. The van der Waals surface area contributed by atoms with Gasteiger partial charge in [-0.2, -0.15) is 0 Å². The number of nitrogens with one attached hydrogen (secondary N) is 1. The van der Waals surface area contributed by atoms with Crippen LogP contribution in [0.1, 0.15) is 53.3 Å². The molecule has 2 amide bonds. The van der Waals surface area contributed by atoms with Gasteiger partial charge in [0.1, 0.15) is 10.8 Å². The van der Waals surface area contributed by atoms with E-state index in [2.05, 4.69) is 28.1 Å². The molecule has 1 aromatic carbocycles. The highest BCUT2D eigenvalue weighted by Crippen LogP contribution is 2.36. The number of fused-ring (bicyclic) bond motifs is 1. The highest BCUT2D eigenvalue weighted by Gasteiger charge is 2.26. The molecule has 1 aliphatic rings. The predicted octanol–water partition coefficient (Wildman–Crippen LogP) is 5.51. The van der Waals surface area contributed by atoms with Gasteiger partial charge in [-0.3, -0.25) is 19.6 Å². The zero-order valence-electron chi connectivity index (χ0n) is 22.2. The van der Waals surface area contributed by atoms with Crippen LogP contribution in [-0.4, -0.2) is 50.3 Å². The van der Waals surface area contributed by atoms with Gasteiger partial charge in [-0.25, -0.2) is 0 Å². The zero-order chi connectivity index (χ0) is 26.8. The minimum Gasteiger partial charge on any atom is -0.496 e. The van der Waals surface area contributed by atoms with Crippen molar-refractivity contribution in [1.82, 2.24) is 4.90 Å². The standard InChI is InChI=1S/C29H36N4O3S/c1-20(7-6-15-30-3)9-13-28(35)33-16-14-23-24(18-31-4)29(37-26(23)19-33)32-27(34)12-10-22-17-21(2)8-11-25(22)36-5/h6-8,11,15,17-18H,3,9-10,12-14,16,19H2,1-2,4-5H3,(H,32,34)/b15-6-,20-7+,31-18?. The molecule has 37 heavy (non-hydrogen) atoms. The summed E-state index contributed by atoms with van der Waals surface area (Å²) in [6.07, 6.45) is 10.1. The van der Waals surface area contributed by atoms with E-state index in [9.17, 15) is 9.59 Å². The average molecular weight is 521 g/mol. The molecule has 2 aromatic rings. The molecule has 7 nitrogen and oxygen atoms in total. The molecule has 0 fully saturated rings. The lowest BCUT2D eigenvalue weighted by Gasteiger charge is -2.27. The molecule has 3 rings (SSSR count). The quantitative estimate of drug-likeness (QED) is 0.313. The Kier molecular flexibility index (Phi) is 10.4. The van der Waals surface area contributed by atoms with Gasteiger partial charge in [0.15, 0.2) is 0 Å². The third-order valence-corrected chi connectivity index (χ3v) is 7.47. The number of amides is 2. The van der Waals surface area contributed by atoms with Crippen LogP contribution in [0.3, 0.4) is 0 Å². The number of anilines is 1. The first kappa shape index (κ1) is 28.1. The number of ether oxygens (including phenoxy) is 1. The molecule has 196 valence electrons. The smallest absolute Gasteiger partial charge is 0.225 e. The largest absolute Gasteiger partial charge is 0.496 e. The van der Waals surface area contributed by atoms with Crippen molar-refractivity contribution in [3.05, 3.63) is 69.3 Å². The number of allylic oxidation sites excluding steroid dienone is 3. The first-order chi connectivity index (χ1) is 17.9. The Labute approximate surface area is 223 Å². The van der Waals surface area contributed by atoms with E-state index in [0.717, 1.165) is 44.3 Å². The number of carbonyl (C=O) groups is 2. The molecule has 0 saturated heterocycles. The molecular weight excluding hydrogens is 484 g/mol. The normalized spacial score (nSPS) is 13.7. The van der Waals surface area contributed by atoms with Crippen molar-refractivity contribution in [2.24, 2.45) is 9.98 Å². The van der Waals surface area contributed by atoms with Gasteiger partial charge in [0, 0.05) is 49.3 Å². The first-order valence-electron chi connectivity index (χ1n) is 12.4. The second-order valence-corrected chi connectivity index (χ2v) is 10.2. The summed E-state index contributed by atoms with van der Waals surface area (Å²) < 4.78 is 5.45. The van der Waals surface area contributed by atoms with Gasteiger partial charge in [0.25, 0.3) is 0 Å². The Bertz CT molecular complexity index is 1230. The summed E-state index contributed by atoms with van der Waals surface area (Å²) in [5.41, 5.74) is 5.41. The molecule has 0 unspecified atom stereocenters. The number of hydrogen-bond donors (Lipinski definition) is 1. The monoisotopic (exact) mass is 520 g/mol. The number of nitrogens with zero attached hydrogens (tertiary/aromatic N) is 3. The van der Waals surface area contributed by atoms with Crippen LogP contribution in [0.2, 0.25) is 0 Å². The Hall–Kier alpha value is -3.52. The first-order valence-corrected chi connectivity index (χ1v) is 13.2. The highest BCUT2D eigenvalue weighted by atomic mass is 32.1. The number of rotatable bonds is 11. The van der Waals surface area contributed by atoms with E-state index in [-0.39, 0.29) is 11.8 Å². The zero-order valence-corrected chi connectivity index (χ0v) is 23.0. The summed E-state index contributed by atoms with van der Waals surface area (Å²) >= 11 is 1.54. The van der Waals surface area contributed by atoms with E-state index in [1.807, 2.05) is 49.2 Å². The minimum atomic E-state index is -0.0520. The maximum Gasteiger partial charge on any atom is 0.225 e. The van der Waals surface area contributed by atoms with Crippen molar-refractivity contribution in [3.8, 4) is 5.75 Å². The summed E-state index contributed by atoms with van der Waals surface area (Å²) in [4.78, 5) is 36.7. The molecule has 0 saturated carbocycles. The molecule has 0 bridgehead atoms. The van der Waals surface area contributed by atoms with E-state index >= 15 is 0 Å². The summed E-state index contributed by atoms with van der Waals surface area (Å²) in [6.45, 7) is 8.67. The number of hydrogen-bond acceptors (Lipinski definition) is 6. The molecule has 0 radical (unpaired) electrons. The lowest BCUT2D eigenvalue weighted by molar-refractivity contribution is -0.132. The van der Waals surface area contributed by atoms with E-state index in [1.165, 1.54) is 5.56 Å². The van der Waals surface area contributed by atoms with Gasteiger partial charge >= 0.3 is 0 Å². The Morgan fingerprint density at radius 1 is 1.27 bits per heavy atom. The molecule has 0 atom stereocenters. The van der Waals surface area contributed by atoms with Crippen LogP contribution in [0.5, 0.6) is 5.75 Å². The van der Waals surface area contributed by atoms with E-state index in [0.29, 0.717) is 38.8 Å². The maximum absolute atomic E-state index is 12.9. The maximum atomic E-state index is 12.9. The highest BCUT2D eigenvalue weighted by molar-refractivity contribution is 7.16. The van der Waals surface area contributed by atoms with Gasteiger partial charge in [-0.1, -0.05) is 29.3 Å². The van der Waals surface area contributed by atoms with Gasteiger partial charge in [-0.05, 0) is 63.1 Å². The van der Waals surface area contributed by atoms with Gasteiger partial charge in [0.2, 0.25) is 11.8 Å². The Morgan fingerprint density at radius 3 is 2.81 bits per heavy atom. The molecule has 1 aliphatic heterocycles. The fourth-order valence-electron chi connectivity index (χ4n) is 4.35. The van der Waals surface area contributed by atoms with Crippen LogP contribution in [0.4, 0.5) is 5.00 Å². The van der Waals surface area contributed by atoms with E-state index in [1.54, 1.807) is 31.7 Å². The van der Waals surface area contributed by atoms with Crippen molar-refractivity contribution in [2.45, 2.75) is 52.5 Å². The number of aryl methyl sites for hydroxylation is 2. The van der Waals surface area contributed by atoms with Crippen LogP contribution in [-0.2, 0) is 29.0 Å². The number of aliphatic imine (C=N–C) groups is 2. The summed E-state index contributed by atoms with van der Waals surface area (Å²) in [5, 5.41) is 3.90. The molecule has 8 heteroatoms. The lowest BCUT2D eigenvalue weighted by Crippen LogP contribution is -2.35. The van der Waals surface area contributed by atoms with E-state index in [4.69, 9.17) is 4.74 Å². The predicted molar refractivity (Wildman–Crippen MR) is 153 cm³/mol. The fraction of sp³-hybridized carbons (Fsp3) is 0.379. The summed E-state index contributed by atoms with van der Waals surface area (Å²) in [6, 6.07) is 6.00. The van der Waals surface area contributed by atoms with Crippen LogP contribution in [0.25, 0.3) is 0 Å². The summed E-state index contributed by atoms with van der Waals surface area (Å²) in [5.74, 6) is 0.884. The molecular formula is C29H36N4O3S. The van der Waals surface area contributed by atoms with Crippen molar-refractivity contribution in [1.29, 1.82) is 0 Å². The van der Waals surface area contributed by atoms with Crippen LogP contribution < -0.4 is 10.1 Å².